The molecule has 0 amide bonds. The fraction of sp³-hybridized carbons (Fsp3) is 0.545. The number of thiophene rings is 1. The number of nitrogens with one attached hydrogen (secondary N) is 1. The highest BCUT2D eigenvalue weighted by Gasteiger charge is 2.19. The van der Waals surface area contributed by atoms with Crippen molar-refractivity contribution in [1.82, 2.24) is 5.32 Å². The molecule has 3 nitrogen and oxygen atoms in total. The van der Waals surface area contributed by atoms with Crippen LogP contribution in [0.4, 0.5) is 0 Å². The Morgan fingerprint density at radius 3 is 2.75 bits per heavy atom. The quantitative estimate of drug-likeness (QED) is 0.826. The summed E-state index contributed by atoms with van der Waals surface area (Å²) in [4.78, 5) is 12.0. The van der Waals surface area contributed by atoms with Crippen molar-refractivity contribution in [1.29, 1.82) is 0 Å². The first kappa shape index (κ1) is 13.5. The lowest BCUT2D eigenvalue weighted by Crippen LogP contribution is -2.37. The molecule has 0 aromatic carbocycles. The van der Waals surface area contributed by atoms with Crippen LogP contribution in [0.5, 0.6) is 0 Å². The normalized spacial score (nSPS) is 14.7. The summed E-state index contributed by atoms with van der Waals surface area (Å²) < 4.78 is 0.728. The second kappa shape index (κ2) is 6.23. The minimum Gasteiger partial charge on any atom is -0.480 e. The lowest BCUT2D eigenvalue weighted by atomic mass is 10.1. The van der Waals surface area contributed by atoms with Crippen LogP contribution in [0.1, 0.15) is 37.6 Å². The number of halogens is 1. The summed E-state index contributed by atoms with van der Waals surface area (Å²) in [6, 6.07) is 3.29. The van der Waals surface area contributed by atoms with Gasteiger partial charge in [0, 0.05) is 10.9 Å². The highest BCUT2D eigenvalue weighted by Crippen LogP contribution is 2.27. The highest BCUT2D eigenvalue weighted by atomic mass is 35.5. The van der Waals surface area contributed by atoms with E-state index in [9.17, 15) is 4.79 Å². The number of carboxylic acid groups (broad SMARTS) is 1. The molecule has 0 fully saturated rings. The first-order valence-electron chi connectivity index (χ1n) is 5.28. The summed E-state index contributed by atoms with van der Waals surface area (Å²) in [7, 11) is 0. The van der Waals surface area contributed by atoms with Crippen molar-refractivity contribution in [2.24, 2.45) is 0 Å². The molecule has 2 unspecified atom stereocenters. The molecule has 0 spiro atoms. The Morgan fingerprint density at radius 1 is 1.62 bits per heavy atom. The summed E-state index contributed by atoms with van der Waals surface area (Å²) in [6.07, 6.45) is 1.49. The van der Waals surface area contributed by atoms with E-state index in [1.807, 2.05) is 26.0 Å². The smallest absolute Gasteiger partial charge is 0.320 e. The average molecular weight is 262 g/mol. The van der Waals surface area contributed by atoms with Gasteiger partial charge < -0.3 is 5.11 Å². The fourth-order valence-corrected chi connectivity index (χ4v) is 2.58. The molecule has 0 radical (unpaired) electrons. The summed E-state index contributed by atoms with van der Waals surface area (Å²) in [6.45, 7) is 3.93. The number of carbonyl (C=O) groups is 1. The molecule has 2 N–H and O–H groups in total. The summed E-state index contributed by atoms with van der Waals surface area (Å²) in [5, 5.41) is 12.1. The van der Waals surface area contributed by atoms with Gasteiger partial charge in [0.2, 0.25) is 0 Å². The topological polar surface area (TPSA) is 49.3 Å². The summed E-state index contributed by atoms with van der Waals surface area (Å²) >= 11 is 7.32. The molecule has 0 aliphatic rings. The third-order valence-electron chi connectivity index (χ3n) is 2.35. The molecule has 2 atom stereocenters. The second-order valence-corrected chi connectivity index (χ2v) is 5.46. The van der Waals surface area contributed by atoms with Crippen LogP contribution in [0, 0.1) is 0 Å². The van der Waals surface area contributed by atoms with Crippen molar-refractivity contribution < 1.29 is 9.90 Å². The van der Waals surface area contributed by atoms with Gasteiger partial charge >= 0.3 is 5.97 Å². The Bertz CT molecular complexity index is 354. The molecular weight excluding hydrogens is 246 g/mol. The molecule has 90 valence electrons. The maximum Gasteiger partial charge on any atom is 0.320 e. The minimum absolute atomic E-state index is 0.0187. The number of carboxylic acids is 1. The third kappa shape index (κ3) is 3.77. The van der Waals surface area contributed by atoms with Crippen LogP contribution in [0.3, 0.4) is 0 Å². The van der Waals surface area contributed by atoms with E-state index in [0.717, 1.165) is 15.6 Å². The molecule has 1 heterocycles. The third-order valence-corrected chi connectivity index (χ3v) is 3.76. The van der Waals surface area contributed by atoms with Crippen LogP contribution in [0.2, 0.25) is 4.34 Å². The van der Waals surface area contributed by atoms with Gasteiger partial charge in [-0.3, -0.25) is 10.1 Å². The van der Waals surface area contributed by atoms with Gasteiger partial charge in [-0.05, 0) is 25.5 Å². The Hall–Kier alpha value is -0.580. The molecule has 0 bridgehead atoms. The molecule has 0 saturated carbocycles. The number of hydrogen-bond acceptors (Lipinski definition) is 3. The van der Waals surface area contributed by atoms with Crippen LogP contribution in [-0.4, -0.2) is 17.1 Å². The van der Waals surface area contributed by atoms with Crippen molar-refractivity contribution >= 4 is 28.9 Å². The standard InChI is InChI=1S/C11H16ClNO2S/c1-3-4-8(11(14)15)13-7(2)9-5-6-10(12)16-9/h5-8,13H,3-4H2,1-2H3,(H,14,15). The Kier molecular flexibility index (Phi) is 5.25. The Labute approximate surface area is 104 Å². The second-order valence-electron chi connectivity index (χ2n) is 3.71. The highest BCUT2D eigenvalue weighted by molar-refractivity contribution is 7.16. The fourth-order valence-electron chi connectivity index (χ4n) is 1.51. The van der Waals surface area contributed by atoms with E-state index in [1.54, 1.807) is 0 Å². The minimum atomic E-state index is -0.795. The van der Waals surface area contributed by atoms with Crippen LogP contribution in [0.25, 0.3) is 0 Å². The van der Waals surface area contributed by atoms with Gasteiger partial charge in [-0.1, -0.05) is 24.9 Å². The van der Waals surface area contributed by atoms with Gasteiger partial charge in [-0.25, -0.2) is 0 Å². The van der Waals surface area contributed by atoms with Crippen molar-refractivity contribution in [3.63, 3.8) is 0 Å². The van der Waals surface area contributed by atoms with Crippen LogP contribution < -0.4 is 5.32 Å². The van der Waals surface area contributed by atoms with E-state index in [4.69, 9.17) is 16.7 Å². The summed E-state index contributed by atoms with van der Waals surface area (Å²) in [5.74, 6) is -0.795. The maximum atomic E-state index is 11.0. The van der Waals surface area contributed by atoms with E-state index >= 15 is 0 Å². The van der Waals surface area contributed by atoms with Crippen LogP contribution in [-0.2, 0) is 4.79 Å². The molecule has 0 aliphatic heterocycles. The largest absolute Gasteiger partial charge is 0.480 e. The van der Waals surface area contributed by atoms with Crippen molar-refractivity contribution in [2.75, 3.05) is 0 Å². The van der Waals surface area contributed by atoms with Crippen molar-refractivity contribution in [3.8, 4) is 0 Å². The van der Waals surface area contributed by atoms with Gasteiger partial charge in [0.15, 0.2) is 0 Å². The first-order chi connectivity index (χ1) is 7.54. The van der Waals surface area contributed by atoms with Gasteiger partial charge in [0.25, 0.3) is 0 Å². The van der Waals surface area contributed by atoms with E-state index in [0.29, 0.717) is 6.42 Å². The zero-order valence-corrected chi connectivity index (χ0v) is 10.9. The molecule has 0 saturated heterocycles. The zero-order chi connectivity index (χ0) is 12.1. The van der Waals surface area contributed by atoms with E-state index < -0.39 is 12.0 Å². The van der Waals surface area contributed by atoms with E-state index in [2.05, 4.69) is 5.32 Å². The lowest BCUT2D eigenvalue weighted by molar-refractivity contribution is -0.139. The zero-order valence-electron chi connectivity index (χ0n) is 9.37. The maximum absolute atomic E-state index is 11.0. The SMILES string of the molecule is CCCC(NC(C)c1ccc(Cl)s1)C(=O)O. The Morgan fingerprint density at radius 2 is 2.31 bits per heavy atom. The number of aliphatic carboxylic acids is 1. The molecule has 1 aromatic rings. The molecule has 16 heavy (non-hydrogen) atoms. The molecule has 0 aliphatic carbocycles. The van der Waals surface area contributed by atoms with Crippen molar-refractivity contribution in [3.05, 3.63) is 21.3 Å². The predicted octanol–water partition coefficient (Wildman–Crippen LogP) is 3.31. The monoisotopic (exact) mass is 261 g/mol. The number of hydrogen-bond donors (Lipinski definition) is 2. The van der Waals surface area contributed by atoms with Gasteiger partial charge in [-0.15, -0.1) is 11.3 Å². The molecule has 1 rings (SSSR count). The first-order valence-corrected chi connectivity index (χ1v) is 6.48. The van der Waals surface area contributed by atoms with Crippen LogP contribution in [0.15, 0.2) is 12.1 Å². The summed E-state index contributed by atoms with van der Waals surface area (Å²) in [5.41, 5.74) is 0. The van der Waals surface area contributed by atoms with Gasteiger partial charge in [0.05, 0.1) is 4.34 Å². The van der Waals surface area contributed by atoms with Crippen LogP contribution >= 0.6 is 22.9 Å². The predicted molar refractivity (Wildman–Crippen MR) is 67.2 cm³/mol. The molecule has 1 aromatic heterocycles. The van der Waals surface area contributed by atoms with E-state index in [1.165, 1.54) is 11.3 Å². The van der Waals surface area contributed by atoms with E-state index in [-0.39, 0.29) is 6.04 Å². The number of rotatable bonds is 6. The lowest BCUT2D eigenvalue weighted by Gasteiger charge is -2.18. The Balaban J connectivity index is 2.61. The van der Waals surface area contributed by atoms with Gasteiger partial charge in [0.1, 0.15) is 6.04 Å². The molecular formula is C11H16ClNO2S. The van der Waals surface area contributed by atoms with Gasteiger partial charge in [-0.2, -0.15) is 0 Å². The average Bonchev–Trinajstić information content (AvgIpc) is 2.64. The molecule has 5 heteroatoms. The van der Waals surface area contributed by atoms with Crippen molar-refractivity contribution in [2.45, 2.75) is 38.8 Å².